The van der Waals surface area contributed by atoms with Crippen molar-refractivity contribution < 1.29 is 4.21 Å². The summed E-state index contributed by atoms with van der Waals surface area (Å²) >= 11 is 0. The highest BCUT2D eigenvalue weighted by Crippen LogP contribution is 2.16. The Balaban J connectivity index is 1.73. The second-order valence-electron chi connectivity index (χ2n) is 4.68. The van der Waals surface area contributed by atoms with Gasteiger partial charge in [-0.15, -0.1) is 0 Å². The average molecular weight is 267 g/mol. The van der Waals surface area contributed by atoms with Gasteiger partial charge in [0.1, 0.15) is 5.82 Å². The standard InChI is InChI=1S/C13H21N3OS/c1-18(17)11-8-14-12-5-9-16(10-6-12)13-4-2-3-7-15-13/h2-4,7,12,14H,5-6,8-11H2,1H3. The van der Waals surface area contributed by atoms with Gasteiger partial charge in [0, 0.05) is 54.7 Å². The summed E-state index contributed by atoms with van der Waals surface area (Å²) in [5, 5.41) is 3.48. The summed E-state index contributed by atoms with van der Waals surface area (Å²) in [7, 11) is -0.690. The molecule has 1 N–H and O–H groups in total. The summed E-state index contributed by atoms with van der Waals surface area (Å²) < 4.78 is 11.0. The summed E-state index contributed by atoms with van der Waals surface area (Å²) in [4.78, 5) is 6.71. The lowest BCUT2D eigenvalue weighted by molar-refractivity contribution is 0.423. The van der Waals surface area contributed by atoms with Gasteiger partial charge in [0.25, 0.3) is 0 Å². The van der Waals surface area contributed by atoms with Crippen LogP contribution in [0.1, 0.15) is 12.8 Å². The van der Waals surface area contributed by atoms with E-state index in [-0.39, 0.29) is 0 Å². The smallest absolute Gasteiger partial charge is 0.128 e. The summed E-state index contributed by atoms with van der Waals surface area (Å²) in [6.45, 7) is 2.95. The molecule has 0 spiro atoms. The van der Waals surface area contributed by atoms with Gasteiger partial charge >= 0.3 is 0 Å². The molecule has 1 aromatic heterocycles. The van der Waals surface area contributed by atoms with E-state index in [4.69, 9.17) is 0 Å². The van der Waals surface area contributed by atoms with Crippen LogP contribution in [0.4, 0.5) is 5.82 Å². The van der Waals surface area contributed by atoms with E-state index < -0.39 is 10.8 Å². The Bertz CT molecular complexity index is 377. The van der Waals surface area contributed by atoms with Crippen LogP contribution in [-0.4, -0.2) is 46.9 Å². The van der Waals surface area contributed by atoms with Crippen LogP contribution in [0.2, 0.25) is 0 Å². The molecule has 0 aromatic carbocycles. The van der Waals surface area contributed by atoms with Gasteiger partial charge < -0.3 is 10.2 Å². The molecule has 0 bridgehead atoms. The second kappa shape index (κ2) is 6.85. The summed E-state index contributed by atoms with van der Waals surface area (Å²) in [5.74, 6) is 1.83. The van der Waals surface area contributed by atoms with Crippen LogP contribution < -0.4 is 10.2 Å². The first-order valence-corrected chi connectivity index (χ1v) is 8.18. The number of anilines is 1. The first-order chi connectivity index (χ1) is 8.75. The van der Waals surface area contributed by atoms with Crippen LogP contribution >= 0.6 is 0 Å². The largest absolute Gasteiger partial charge is 0.357 e. The van der Waals surface area contributed by atoms with Crippen molar-refractivity contribution in [2.45, 2.75) is 18.9 Å². The predicted octanol–water partition coefficient (Wildman–Crippen LogP) is 1.02. The first-order valence-electron chi connectivity index (χ1n) is 6.45. The molecular formula is C13H21N3OS. The van der Waals surface area contributed by atoms with Crippen LogP contribution in [0.15, 0.2) is 24.4 Å². The molecule has 1 atom stereocenters. The van der Waals surface area contributed by atoms with Crippen molar-refractivity contribution in [1.29, 1.82) is 0 Å². The molecule has 0 saturated carbocycles. The Morgan fingerprint density at radius 2 is 2.22 bits per heavy atom. The SMILES string of the molecule is CS(=O)CCNC1CCN(c2ccccn2)CC1. The molecule has 1 aliphatic heterocycles. The predicted molar refractivity (Wildman–Crippen MR) is 76.4 cm³/mol. The lowest BCUT2D eigenvalue weighted by Crippen LogP contribution is -2.43. The van der Waals surface area contributed by atoms with Crippen molar-refractivity contribution in [2.24, 2.45) is 0 Å². The van der Waals surface area contributed by atoms with Crippen molar-refractivity contribution in [3.8, 4) is 0 Å². The van der Waals surface area contributed by atoms with Gasteiger partial charge in [0.05, 0.1) is 0 Å². The first kappa shape index (κ1) is 13.5. The quantitative estimate of drug-likeness (QED) is 0.865. The molecule has 2 heterocycles. The fourth-order valence-corrected chi connectivity index (χ4v) is 2.67. The van der Waals surface area contributed by atoms with Gasteiger partial charge in [-0.05, 0) is 25.0 Å². The minimum Gasteiger partial charge on any atom is -0.357 e. The Kier molecular flexibility index (Phi) is 5.13. The van der Waals surface area contributed by atoms with Crippen molar-refractivity contribution in [1.82, 2.24) is 10.3 Å². The number of hydrogen-bond acceptors (Lipinski definition) is 4. The van der Waals surface area contributed by atoms with Crippen LogP contribution in [-0.2, 0) is 10.8 Å². The molecule has 1 saturated heterocycles. The normalized spacial score (nSPS) is 18.8. The van der Waals surface area contributed by atoms with Gasteiger partial charge in [0.2, 0.25) is 0 Å². The maximum atomic E-state index is 11.0. The number of rotatable bonds is 5. The van der Waals surface area contributed by atoms with Crippen molar-refractivity contribution in [3.63, 3.8) is 0 Å². The van der Waals surface area contributed by atoms with E-state index in [1.807, 2.05) is 18.3 Å². The van der Waals surface area contributed by atoms with Gasteiger partial charge in [-0.1, -0.05) is 6.07 Å². The Hall–Kier alpha value is -0.940. The number of aromatic nitrogens is 1. The minimum atomic E-state index is -0.690. The minimum absolute atomic E-state index is 0.563. The van der Waals surface area contributed by atoms with Crippen LogP contribution in [0.25, 0.3) is 0 Å². The highest BCUT2D eigenvalue weighted by atomic mass is 32.2. The van der Waals surface area contributed by atoms with E-state index in [1.54, 1.807) is 6.26 Å². The zero-order valence-electron chi connectivity index (χ0n) is 10.8. The zero-order valence-corrected chi connectivity index (χ0v) is 11.7. The van der Waals surface area contributed by atoms with E-state index >= 15 is 0 Å². The van der Waals surface area contributed by atoms with Crippen molar-refractivity contribution >= 4 is 16.6 Å². The van der Waals surface area contributed by atoms with E-state index in [1.165, 1.54) is 0 Å². The van der Waals surface area contributed by atoms with E-state index in [0.717, 1.165) is 44.0 Å². The van der Waals surface area contributed by atoms with Crippen molar-refractivity contribution in [3.05, 3.63) is 24.4 Å². The number of nitrogens with one attached hydrogen (secondary N) is 1. The third kappa shape index (κ3) is 4.07. The number of hydrogen-bond donors (Lipinski definition) is 1. The highest BCUT2D eigenvalue weighted by molar-refractivity contribution is 7.84. The lowest BCUT2D eigenvalue weighted by Gasteiger charge is -2.33. The fraction of sp³-hybridized carbons (Fsp3) is 0.615. The molecule has 18 heavy (non-hydrogen) atoms. The molecule has 0 aliphatic carbocycles. The van der Waals surface area contributed by atoms with E-state index in [2.05, 4.69) is 21.3 Å². The molecule has 2 rings (SSSR count). The van der Waals surface area contributed by atoms with Gasteiger partial charge in [0.15, 0.2) is 0 Å². The molecule has 4 nitrogen and oxygen atoms in total. The second-order valence-corrected chi connectivity index (χ2v) is 6.24. The summed E-state index contributed by atoms with van der Waals surface area (Å²) in [6.07, 6.45) is 5.86. The molecular weight excluding hydrogens is 246 g/mol. The third-order valence-corrected chi connectivity index (χ3v) is 4.07. The lowest BCUT2D eigenvalue weighted by atomic mass is 10.1. The van der Waals surface area contributed by atoms with Gasteiger partial charge in [-0.25, -0.2) is 4.98 Å². The molecule has 1 aliphatic rings. The number of pyridine rings is 1. The molecule has 0 radical (unpaired) electrons. The van der Waals surface area contributed by atoms with Crippen molar-refractivity contribution in [2.75, 3.05) is 36.5 Å². The summed E-state index contributed by atoms with van der Waals surface area (Å²) in [6, 6.07) is 6.61. The molecule has 100 valence electrons. The zero-order chi connectivity index (χ0) is 12.8. The summed E-state index contributed by atoms with van der Waals surface area (Å²) in [5.41, 5.74) is 0. The van der Waals surface area contributed by atoms with Gasteiger partial charge in [-0.3, -0.25) is 4.21 Å². The Morgan fingerprint density at radius 3 is 2.83 bits per heavy atom. The van der Waals surface area contributed by atoms with Crippen LogP contribution in [0.3, 0.4) is 0 Å². The number of nitrogens with zero attached hydrogens (tertiary/aromatic N) is 2. The maximum absolute atomic E-state index is 11.0. The van der Waals surface area contributed by atoms with Crippen LogP contribution in [0.5, 0.6) is 0 Å². The van der Waals surface area contributed by atoms with Gasteiger partial charge in [-0.2, -0.15) is 0 Å². The topological polar surface area (TPSA) is 45.2 Å². The molecule has 1 aromatic rings. The maximum Gasteiger partial charge on any atom is 0.128 e. The average Bonchev–Trinajstić information content (AvgIpc) is 2.40. The highest BCUT2D eigenvalue weighted by Gasteiger charge is 2.19. The van der Waals surface area contributed by atoms with E-state index in [0.29, 0.717) is 6.04 Å². The van der Waals surface area contributed by atoms with Crippen LogP contribution in [0, 0.1) is 0 Å². The monoisotopic (exact) mass is 267 g/mol. The Morgan fingerprint density at radius 1 is 1.44 bits per heavy atom. The molecule has 0 amide bonds. The Labute approximate surface area is 111 Å². The third-order valence-electron chi connectivity index (χ3n) is 3.29. The molecule has 1 unspecified atom stereocenters. The number of piperidine rings is 1. The van der Waals surface area contributed by atoms with E-state index in [9.17, 15) is 4.21 Å². The molecule has 1 fully saturated rings. The molecule has 5 heteroatoms. The fourth-order valence-electron chi connectivity index (χ4n) is 2.26.